The van der Waals surface area contributed by atoms with Crippen molar-refractivity contribution in [3.8, 4) is 16.8 Å². The number of pyridine rings is 1. The van der Waals surface area contributed by atoms with Crippen molar-refractivity contribution in [3.05, 3.63) is 94.9 Å². The predicted octanol–water partition coefficient (Wildman–Crippen LogP) is 4.44. The molecule has 2 aromatic heterocycles. The van der Waals surface area contributed by atoms with E-state index < -0.39 is 16.1 Å². The summed E-state index contributed by atoms with van der Waals surface area (Å²) in [6.45, 7) is 4.30. The lowest BCUT2D eigenvalue weighted by Crippen LogP contribution is -2.40. The van der Waals surface area contributed by atoms with Crippen LogP contribution in [0.15, 0.2) is 78.0 Å². The van der Waals surface area contributed by atoms with E-state index in [-0.39, 0.29) is 11.6 Å². The second kappa shape index (κ2) is 10.3. The van der Waals surface area contributed by atoms with Gasteiger partial charge in [0.15, 0.2) is 5.03 Å². The molecule has 180 valence electrons. The number of nitrogens with zero attached hydrogens (tertiary/aromatic N) is 3. The lowest BCUT2D eigenvalue weighted by atomic mass is 10.0. The summed E-state index contributed by atoms with van der Waals surface area (Å²) >= 11 is 5.72. The Balaban J connectivity index is 1.36. The van der Waals surface area contributed by atoms with E-state index in [1.54, 1.807) is 0 Å². The molecule has 0 aliphatic heterocycles. The minimum Gasteiger partial charge on any atom is -0.337 e. The van der Waals surface area contributed by atoms with Gasteiger partial charge in [-0.2, -0.15) is 13.5 Å². The number of hydrogen-bond donors (Lipinski definition) is 2. The molecule has 4 aromatic rings. The molecule has 0 radical (unpaired) electrons. The summed E-state index contributed by atoms with van der Waals surface area (Å²) in [5.41, 5.74) is 6.18. The van der Waals surface area contributed by atoms with Gasteiger partial charge in [-0.1, -0.05) is 54.1 Å². The van der Waals surface area contributed by atoms with E-state index in [0.29, 0.717) is 11.4 Å². The molecule has 2 N–H and O–H groups in total. The van der Waals surface area contributed by atoms with Crippen molar-refractivity contribution < 1.29 is 13.2 Å². The van der Waals surface area contributed by atoms with E-state index in [2.05, 4.69) is 22.4 Å². The number of rotatable bonds is 7. The Hall–Kier alpha value is -3.69. The fourth-order valence-electron chi connectivity index (χ4n) is 3.77. The Labute approximate surface area is 209 Å². The quantitative estimate of drug-likeness (QED) is 0.383. The standard InChI is InChI=1S/C25H24ClN5O3S/c1-17-24(20-6-4-3-5-7-20)18(2)31(29-17)22-11-8-19(9-12-22)14-15-27-25(32)30-35(33,34)23-13-10-21(26)16-28-23/h3-13,16H,14-15H2,1-2H3,(H2,27,30,32). The maximum atomic E-state index is 12.2. The third-order valence-corrected chi connectivity index (χ3v) is 6.91. The summed E-state index contributed by atoms with van der Waals surface area (Å²) in [5, 5.41) is 7.28. The zero-order chi connectivity index (χ0) is 25.0. The molecule has 10 heteroatoms. The summed E-state index contributed by atoms with van der Waals surface area (Å²) in [5.74, 6) is 0. The van der Waals surface area contributed by atoms with Gasteiger partial charge >= 0.3 is 6.03 Å². The van der Waals surface area contributed by atoms with Gasteiger partial charge in [-0.25, -0.2) is 19.2 Å². The van der Waals surface area contributed by atoms with Crippen molar-refractivity contribution in [2.45, 2.75) is 25.3 Å². The van der Waals surface area contributed by atoms with E-state index in [4.69, 9.17) is 16.7 Å². The van der Waals surface area contributed by atoms with Crippen LogP contribution in [0.4, 0.5) is 4.79 Å². The second-order valence-electron chi connectivity index (χ2n) is 7.92. The highest BCUT2D eigenvalue weighted by molar-refractivity contribution is 7.90. The van der Waals surface area contributed by atoms with Gasteiger partial charge in [-0.15, -0.1) is 0 Å². The summed E-state index contributed by atoms with van der Waals surface area (Å²) in [6, 6.07) is 19.8. The van der Waals surface area contributed by atoms with Gasteiger partial charge in [0.2, 0.25) is 0 Å². The maximum absolute atomic E-state index is 12.2. The molecule has 8 nitrogen and oxygen atoms in total. The van der Waals surface area contributed by atoms with Gasteiger partial charge in [0.25, 0.3) is 10.0 Å². The smallest absolute Gasteiger partial charge is 0.328 e. The third kappa shape index (κ3) is 5.70. The van der Waals surface area contributed by atoms with E-state index in [9.17, 15) is 13.2 Å². The van der Waals surface area contributed by atoms with E-state index in [1.165, 1.54) is 18.3 Å². The molecule has 0 spiro atoms. The normalized spacial score (nSPS) is 11.3. The Morgan fingerprint density at radius 3 is 2.37 bits per heavy atom. The van der Waals surface area contributed by atoms with Gasteiger partial charge in [0, 0.05) is 24.0 Å². The summed E-state index contributed by atoms with van der Waals surface area (Å²) < 4.78 is 28.3. The number of aromatic nitrogens is 3. The topological polar surface area (TPSA) is 106 Å². The fraction of sp³-hybridized carbons (Fsp3) is 0.160. The Bertz CT molecular complexity index is 1440. The van der Waals surface area contributed by atoms with E-state index >= 15 is 0 Å². The first-order valence-electron chi connectivity index (χ1n) is 10.9. The summed E-state index contributed by atoms with van der Waals surface area (Å²) in [6.07, 6.45) is 1.73. The number of benzene rings is 2. The van der Waals surface area contributed by atoms with Crippen LogP contribution >= 0.6 is 11.6 Å². The lowest BCUT2D eigenvalue weighted by molar-refractivity contribution is 0.246. The van der Waals surface area contributed by atoms with Gasteiger partial charge in [-0.3, -0.25) is 0 Å². The van der Waals surface area contributed by atoms with Crippen molar-refractivity contribution in [3.63, 3.8) is 0 Å². The predicted molar refractivity (Wildman–Crippen MR) is 135 cm³/mol. The van der Waals surface area contributed by atoms with Crippen molar-refractivity contribution in [2.24, 2.45) is 0 Å². The zero-order valence-corrected chi connectivity index (χ0v) is 20.8. The highest BCUT2D eigenvalue weighted by atomic mass is 35.5. The molecule has 2 heterocycles. The molecule has 0 fully saturated rings. The van der Waals surface area contributed by atoms with Crippen LogP contribution in [0.3, 0.4) is 0 Å². The molecule has 35 heavy (non-hydrogen) atoms. The first-order valence-corrected chi connectivity index (χ1v) is 12.7. The van der Waals surface area contributed by atoms with Gasteiger partial charge in [-0.05, 0) is 55.7 Å². The highest BCUT2D eigenvalue weighted by Gasteiger charge is 2.19. The monoisotopic (exact) mass is 509 g/mol. The molecule has 0 bridgehead atoms. The Morgan fingerprint density at radius 1 is 1.00 bits per heavy atom. The lowest BCUT2D eigenvalue weighted by Gasteiger charge is -2.09. The Morgan fingerprint density at radius 2 is 1.71 bits per heavy atom. The van der Waals surface area contributed by atoms with Crippen molar-refractivity contribution >= 4 is 27.7 Å². The number of carbonyl (C=O) groups excluding carboxylic acids is 1. The molecule has 2 aromatic carbocycles. The van der Waals surface area contributed by atoms with E-state index in [1.807, 2.05) is 65.7 Å². The zero-order valence-electron chi connectivity index (χ0n) is 19.2. The average Bonchev–Trinajstić information content (AvgIpc) is 3.13. The highest BCUT2D eigenvalue weighted by Crippen LogP contribution is 2.28. The number of sulfonamides is 1. The molecule has 0 aliphatic carbocycles. The molecule has 0 unspecified atom stereocenters. The maximum Gasteiger partial charge on any atom is 0.328 e. The minimum atomic E-state index is -4.07. The summed E-state index contributed by atoms with van der Waals surface area (Å²) in [7, 11) is -4.07. The first kappa shape index (κ1) is 24.4. The largest absolute Gasteiger partial charge is 0.337 e. The van der Waals surface area contributed by atoms with Gasteiger partial charge < -0.3 is 5.32 Å². The minimum absolute atomic E-state index is 0.257. The number of urea groups is 1. The molecule has 0 saturated heterocycles. The SMILES string of the molecule is Cc1nn(-c2ccc(CCNC(=O)NS(=O)(=O)c3ccc(Cl)cn3)cc2)c(C)c1-c1ccccc1. The third-order valence-electron chi connectivity index (χ3n) is 5.44. The van der Waals surface area contributed by atoms with Crippen LogP contribution in [0.1, 0.15) is 17.0 Å². The molecule has 4 rings (SSSR count). The average molecular weight is 510 g/mol. The first-order chi connectivity index (χ1) is 16.7. The number of hydrogen-bond acceptors (Lipinski definition) is 5. The molecule has 0 saturated carbocycles. The van der Waals surface area contributed by atoms with Crippen LogP contribution in [0, 0.1) is 13.8 Å². The number of carbonyl (C=O) groups is 1. The number of halogens is 1. The molecular formula is C25H24ClN5O3S. The second-order valence-corrected chi connectivity index (χ2v) is 9.98. The van der Waals surface area contributed by atoms with Crippen molar-refractivity contribution in [2.75, 3.05) is 6.54 Å². The van der Waals surface area contributed by atoms with Gasteiger partial charge in [0.1, 0.15) is 0 Å². The van der Waals surface area contributed by atoms with Crippen molar-refractivity contribution in [1.29, 1.82) is 0 Å². The molecule has 0 atom stereocenters. The summed E-state index contributed by atoms with van der Waals surface area (Å²) in [4.78, 5) is 15.8. The van der Waals surface area contributed by atoms with Crippen LogP contribution in [0.2, 0.25) is 5.02 Å². The number of amides is 2. The van der Waals surface area contributed by atoms with Crippen LogP contribution in [-0.2, 0) is 16.4 Å². The molecule has 0 aliphatic rings. The van der Waals surface area contributed by atoms with Crippen LogP contribution in [-0.4, -0.2) is 35.8 Å². The Kier molecular flexibility index (Phi) is 7.18. The molecular weight excluding hydrogens is 486 g/mol. The van der Waals surface area contributed by atoms with Gasteiger partial charge in [0.05, 0.1) is 16.4 Å². The van der Waals surface area contributed by atoms with Crippen molar-refractivity contribution in [1.82, 2.24) is 24.8 Å². The van der Waals surface area contributed by atoms with E-state index in [0.717, 1.165) is 33.8 Å². The van der Waals surface area contributed by atoms with Crippen LogP contribution < -0.4 is 10.0 Å². The fourth-order valence-corrected chi connectivity index (χ4v) is 4.74. The van der Waals surface area contributed by atoms with Crippen LogP contribution in [0.25, 0.3) is 16.8 Å². The molecule has 2 amide bonds. The number of nitrogens with one attached hydrogen (secondary N) is 2. The number of aryl methyl sites for hydroxylation is 1. The van der Waals surface area contributed by atoms with Crippen LogP contribution in [0.5, 0.6) is 0 Å².